The maximum absolute atomic E-state index is 12.7. The van der Waals surface area contributed by atoms with Gasteiger partial charge in [0.15, 0.2) is 11.5 Å². The Kier molecular flexibility index (Phi) is 9.90. The van der Waals surface area contributed by atoms with Gasteiger partial charge in [0.05, 0.1) is 22.9 Å². The fourth-order valence-electron chi connectivity index (χ4n) is 3.15. The third-order valence-electron chi connectivity index (χ3n) is 4.91. The molecule has 0 aromatic heterocycles. The van der Waals surface area contributed by atoms with E-state index in [1.807, 2.05) is 30.3 Å². The lowest BCUT2D eigenvalue weighted by Gasteiger charge is -2.14. The van der Waals surface area contributed by atoms with E-state index in [0.717, 1.165) is 13.6 Å². The number of ether oxygens (including phenoxy) is 3. The van der Waals surface area contributed by atoms with Crippen LogP contribution in [0.15, 0.2) is 70.7 Å². The van der Waals surface area contributed by atoms with Gasteiger partial charge in [-0.2, -0.15) is 5.26 Å². The first-order valence-electron chi connectivity index (χ1n) is 10.8. The van der Waals surface area contributed by atoms with Crippen molar-refractivity contribution in [2.75, 3.05) is 19.0 Å². The van der Waals surface area contributed by atoms with Crippen LogP contribution in [0.2, 0.25) is 0 Å². The molecular weight excluding hydrogens is 639 g/mol. The van der Waals surface area contributed by atoms with Crippen LogP contribution in [0, 0.1) is 14.9 Å². The van der Waals surface area contributed by atoms with Gasteiger partial charge in [0.1, 0.15) is 18.2 Å². The fourth-order valence-corrected chi connectivity index (χ4v) is 4.33. The van der Waals surface area contributed by atoms with Gasteiger partial charge in [0.25, 0.3) is 5.91 Å². The number of carbonyl (C=O) groups is 2. The lowest BCUT2D eigenvalue weighted by molar-refractivity contribution is -0.112. The predicted octanol–water partition coefficient (Wildman–Crippen LogP) is 6.36. The van der Waals surface area contributed by atoms with Crippen LogP contribution in [0.25, 0.3) is 6.08 Å². The van der Waals surface area contributed by atoms with Crippen LogP contribution in [-0.4, -0.2) is 25.6 Å². The first-order chi connectivity index (χ1) is 17.4. The number of anilines is 1. The summed E-state index contributed by atoms with van der Waals surface area (Å²) < 4.78 is 18.2. The zero-order chi connectivity index (χ0) is 26.1. The summed E-state index contributed by atoms with van der Waals surface area (Å²) >= 11 is 5.64. The van der Waals surface area contributed by atoms with E-state index in [9.17, 15) is 14.9 Å². The molecule has 3 aromatic carbocycles. The molecule has 0 bridgehead atoms. The number of nitriles is 1. The Hall–Kier alpha value is -3.36. The standard InChI is InChI=1S/C27H22BrIN2O5/c1-3-35-27(33)18-8-10-21(11-9-18)31-26(32)20(15-30)12-17-13-23(29)25(24(14-17)34-2)36-16-19-6-4-5-7-22(19)28/h4-14H,3,16H2,1-2H3,(H,31,32)/b20-12+. The molecule has 184 valence electrons. The number of hydrogen-bond donors (Lipinski definition) is 1. The Bertz CT molecular complexity index is 1330. The average molecular weight is 661 g/mol. The van der Waals surface area contributed by atoms with Crippen LogP contribution in [0.4, 0.5) is 5.69 Å². The monoisotopic (exact) mass is 660 g/mol. The zero-order valence-corrected chi connectivity index (χ0v) is 23.3. The lowest BCUT2D eigenvalue weighted by Crippen LogP contribution is -2.13. The molecule has 3 rings (SSSR count). The maximum atomic E-state index is 12.7. The molecule has 0 spiro atoms. The number of esters is 1. The van der Waals surface area contributed by atoms with Crippen molar-refractivity contribution in [3.8, 4) is 17.6 Å². The van der Waals surface area contributed by atoms with E-state index in [0.29, 0.717) is 34.9 Å². The predicted molar refractivity (Wildman–Crippen MR) is 149 cm³/mol. The highest BCUT2D eigenvalue weighted by molar-refractivity contribution is 14.1. The Balaban J connectivity index is 1.77. The maximum Gasteiger partial charge on any atom is 0.338 e. The highest BCUT2D eigenvalue weighted by Crippen LogP contribution is 2.35. The van der Waals surface area contributed by atoms with Crippen LogP contribution < -0.4 is 14.8 Å². The molecule has 9 heteroatoms. The molecule has 0 unspecified atom stereocenters. The second-order valence-corrected chi connectivity index (χ2v) is 9.35. The molecule has 0 saturated carbocycles. The average Bonchev–Trinajstić information content (AvgIpc) is 2.87. The summed E-state index contributed by atoms with van der Waals surface area (Å²) in [6.45, 7) is 2.34. The van der Waals surface area contributed by atoms with Gasteiger partial charge in [-0.15, -0.1) is 0 Å². The molecule has 3 aromatic rings. The van der Waals surface area contributed by atoms with Crippen molar-refractivity contribution >= 4 is 62.2 Å². The third kappa shape index (κ3) is 7.08. The van der Waals surface area contributed by atoms with Gasteiger partial charge in [-0.3, -0.25) is 4.79 Å². The minimum absolute atomic E-state index is 0.0933. The fraction of sp³-hybridized carbons (Fsp3) is 0.148. The van der Waals surface area contributed by atoms with Gasteiger partial charge >= 0.3 is 5.97 Å². The van der Waals surface area contributed by atoms with Crippen LogP contribution in [-0.2, 0) is 16.1 Å². The normalized spacial score (nSPS) is 10.8. The number of carbonyl (C=O) groups excluding carboxylic acids is 2. The summed E-state index contributed by atoms with van der Waals surface area (Å²) in [5, 5.41) is 12.3. The molecule has 0 radical (unpaired) electrons. The van der Waals surface area contributed by atoms with Crippen molar-refractivity contribution in [3.05, 3.63) is 91.0 Å². The minimum atomic E-state index is -0.579. The lowest BCUT2D eigenvalue weighted by atomic mass is 10.1. The summed E-state index contributed by atoms with van der Waals surface area (Å²) in [5.41, 5.74) is 2.31. The van der Waals surface area contributed by atoms with Crippen molar-refractivity contribution in [2.45, 2.75) is 13.5 Å². The topological polar surface area (TPSA) is 97.7 Å². The Labute approximate surface area is 231 Å². The highest BCUT2D eigenvalue weighted by atomic mass is 127. The number of nitrogens with one attached hydrogen (secondary N) is 1. The summed E-state index contributed by atoms with van der Waals surface area (Å²) in [7, 11) is 1.53. The van der Waals surface area contributed by atoms with Crippen LogP contribution in [0.5, 0.6) is 11.5 Å². The first-order valence-corrected chi connectivity index (χ1v) is 12.7. The number of amides is 1. The molecule has 1 amide bonds. The SMILES string of the molecule is CCOC(=O)c1ccc(NC(=O)/C(C#N)=C/c2cc(I)c(OCc3ccccc3Br)c(OC)c2)cc1. The number of methoxy groups -OCH3 is 1. The quantitative estimate of drug-likeness (QED) is 0.124. The summed E-state index contributed by atoms with van der Waals surface area (Å²) in [5.74, 6) is 0.0214. The van der Waals surface area contributed by atoms with Crippen molar-refractivity contribution in [1.82, 2.24) is 0 Å². The van der Waals surface area contributed by atoms with Gasteiger partial charge in [0, 0.05) is 15.7 Å². The van der Waals surface area contributed by atoms with Crippen LogP contribution in [0.3, 0.4) is 0 Å². The van der Waals surface area contributed by atoms with Gasteiger partial charge < -0.3 is 19.5 Å². The van der Waals surface area contributed by atoms with E-state index >= 15 is 0 Å². The van der Waals surface area contributed by atoms with Crippen molar-refractivity contribution in [2.24, 2.45) is 0 Å². The van der Waals surface area contributed by atoms with E-state index in [2.05, 4.69) is 43.8 Å². The Morgan fingerprint density at radius 1 is 1.14 bits per heavy atom. The van der Waals surface area contributed by atoms with E-state index < -0.39 is 11.9 Å². The molecular formula is C27H22BrIN2O5. The number of benzene rings is 3. The van der Waals surface area contributed by atoms with Crippen LogP contribution >= 0.6 is 38.5 Å². The smallest absolute Gasteiger partial charge is 0.338 e. The Morgan fingerprint density at radius 3 is 2.50 bits per heavy atom. The van der Waals surface area contributed by atoms with Crippen LogP contribution in [0.1, 0.15) is 28.4 Å². The number of rotatable bonds is 9. The molecule has 0 saturated heterocycles. The molecule has 0 aliphatic carbocycles. The largest absolute Gasteiger partial charge is 0.493 e. The first kappa shape index (κ1) is 27.2. The second-order valence-electron chi connectivity index (χ2n) is 7.34. The number of hydrogen-bond acceptors (Lipinski definition) is 6. The Morgan fingerprint density at radius 2 is 1.86 bits per heavy atom. The van der Waals surface area contributed by atoms with Gasteiger partial charge in [0.2, 0.25) is 0 Å². The van der Waals surface area contributed by atoms with Crippen molar-refractivity contribution < 1.29 is 23.8 Å². The molecule has 0 aliphatic rings. The van der Waals surface area contributed by atoms with E-state index in [1.54, 1.807) is 43.3 Å². The number of halogens is 2. The van der Waals surface area contributed by atoms with Crippen molar-refractivity contribution in [3.63, 3.8) is 0 Å². The number of nitrogens with zero attached hydrogens (tertiary/aromatic N) is 1. The molecule has 0 fully saturated rings. The summed E-state index contributed by atoms with van der Waals surface area (Å²) in [6.07, 6.45) is 1.48. The van der Waals surface area contributed by atoms with Gasteiger partial charge in [-0.05, 0) is 83.6 Å². The molecule has 1 N–H and O–H groups in total. The van der Waals surface area contributed by atoms with E-state index in [1.165, 1.54) is 13.2 Å². The second kappa shape index (κ2) is 13.1. The summed E-state index contributed by atoms with van der Waals surface area (Å²) in [6, 6.07) is 19.4. The molecule has 0 atom stereocenters. The summed E-state index contributed by atoms with van der Waals surface area (Å²) in [4.78, 5) is 24.5. The molecule has 0 heterocycles. The van der Waals surface area contributed by atoms with Gasteiger partial charge in [-0.1, -0.05) is 34.1 Å². The third-order valence-corrected chi connectivity index (χ3v) is 6.49. The van der Waals surface area contributed by atoms with Gasteiger partial charge in [-0.25, -0.2) is 4.79 Å². The van der Waals surface area contributed by atoms with E-state index in [4.69, 9.17) is 14.2 Å². The molecule has 0 aliphatic heterocycles. The van der Waals surface area contributed by atoms with E-state index in [-0.39, 0.29) is 12.2 Å². The molecule has 36 heavy (non-hydrogen) atoms. The zero-order valence-electron chi connectivity index (χ0n) is 19.5. The molecule has 7 nitrogen and oxygen atoms in total. The highest BCUT2D eigenvalue weighted by Gasteiger charge is 2.15. The minimum Gasteiger partial charge on any atom is -0.493 e. The van der Waals surface area contributed by atoms with Crippen molar-refractivity contribution in [1.29, 1.82) is 5.26 Å².